The average molecular weight is 326 g/mol. The van der Waals surface area contributed by atoms with Crippen molar-refractivity contribution < 1.29 is 13.2 Å². The lowest BCUT2D eigenvalue weighted by atomic mass is 9.90. The number of rotatable bonds is 7. The first-order chi connectivity index (χ1) is 9.78. The standard InChI is InChI=1S/C15H29F3N2S/c1-5-11(3)13-10-20(7-8-21-15(16,17)18)14(9-19-13)12(4)6-2/h11-14,19H,5-10H2,1-4H3. The number of hydrogen-bond acceptors (Lipinski definition) is 3. The van der Waals surface area contributed by atoms with Gasteiger partial charge in [-0.15, -0.1) is 0 Å². The summed E-state index contributed by atoms with van der Waals surface area (Å²) in [6, 6.07) is 0.746. The third kappa shape index (κ3) is 6.37. The van der Waals surface area contributed by atoms with E-state index in [0.29, 0.717) is 30.5 Å². The number of nitrogens with one attached hydrogen (secondary N) is 1. The molecule has 2 nitrogen and oxygen atoms in total. The van der Waals surface area contributed by atoms with Crippen LogP contribution in [0.3, 0.4) is 0 Å². The van der Waals surface area contributed by atoms with Gasteiger partial charge in [0, 0.05) is 37.5 Å². The van der Waals surface area contributed by atoms with E-state index < -0.39 is 5.51 Å². The van der Waals surface area contributed by atoms with Crippen molar-refractivity contribution in [1.29, 1.82) is 0 Å². The Hall–Kier alpha value is 0.0600. The summed E-state index contributed by atoms with van der Waals surface area (Å²) in [5.41, 5.74) is -4.12. The van der Waals surface area contributed by atoms with Crippen LogP contribution in [0.15, 0.2) is 0 Å². The molecule has 0 aromatic rings. The molecule has 21 heavy (non-hydrogen) atoms. The lowest BCUT2D eigenvalue weighted by Gasteiger charge is -2.44. The molecule has 1 saturated heterocycles. The molecular weight excluding hydrogens is 297 g/mol. The fourth-order valence-corrected chi connectivity index (χ4v) is 3.45. The Morgan fingerprint density at radius 1 is 1.19 bits per heavy atom. The lowest BCUT2D eigenvalue weighted by molar-refractivity contribution is -0.0330. The van der Waals surface area contributed by atoms with Crippen LogP contribution in [0.1, 0.15) is 40.5 Å². The Morgan fingerprint density at radius 3 is 2.33 bits per heavy atom. The van der Waals surface area contributed by atoms with Crippen molar-refractivity contribution in [1.82, 2.24) is 10.2 Å². The van der Waals surface area contributed by atoms with E-state index in [-0.39, 0.29) is 17.5 Å². The molecule has 1 fully saturated rings. The fraction of sp³-hybridized carbons (Fsp3) is 1.00. The molecule has 0 radical (unpaired) electrons. The predicted octanol–water partition coefficient (Wildman–Crippen LogP) is 3.97. The van der Waals surface area contributed by atoms with Crippen molar-refractivity contribution in [2.45, 2.75) is 58.1 Å². The number of alkyl halides is 3. The van der Waals surface area contributed by atoms with Crippen molar-refractivity contribution in [3.05, 3.63) is 0 Å². The van der Waals surface area contributed by atoms with Crippen LogP contribution in [0.25, 0.3) is 0 Å². The van der Waals surface area contributed by atoms with E-state index in [4.69, 9.17) is 0 Å². The minimum Gasteiger partial charge on any atom is -0.311 e. The normalized spacial score (nSPS) is 27.6. The van der Waals surface area contributed by atoms with Crippen LogP contribution in [0.2, 0.25) is 0 Å². The van der Waals surface area contributed by atoms with Gasteiger partial charge in [-0.25, -0.2) is 0 Å². The largest absolute Gasteiger partial charge is 0.441 e. The maximum absolute atomic E-state index is 12.3. The Labute approximate surface area is 131 Å². The third-order valence-corrected chi connectivity index (χ3v) is 5.48. The van der Waals surface area contributed by atoms with Gasteiger partial charge in [0.25, 0.3) is 0 Å². The number of thioether (sulfide) groups is 1. The summed E-state index contributed by atoms with van der Waals surface area (Å²) >= 11 is 0.102. The Balaban J connectivity index is 2.60. The van der Waals surface area contributed by atoms with Gasteiger partial charge >= 0.3 is 5.51 Å². The summed E-state index contributed by atoms with van der Waals surface area (Å²) in [7, 11) is 0. The molecule has 0 saturated carbocycles. The summed E-state index contributed by atoms with van der Waals surface area (Å²) in [5.74, 6) is 1.19. The molecule has 126 valence electrons. The molecule has 0 aromatic carbocycles. The van der Waals surface area contributed by atoms with Gasteiger partial charge in [-0.3, -0.25) is 4.90 Å². The zero-order valence-electron chi connectivity index (χ0n) is 13.5. The van der Waals surface area contributed by atoms with E-state index in [9.17, 15) is 13.2 Å². The molecule has 1 rings (SSSR count). The molecule has 1 heterocycles. The van der Waals surface area contributed by atoms with Crippen LogP contribution in [-0.2, 0) is 0 Å². The first-order valence-electron chi connectivity index (χ1n) is 7.96. The van der Waals surface area contributed by atoms with E-state index in [2.05, 4.69) is 37.9 Å². The second kappa shape index (κ2) is 8.63. The van der Waals surface area contributed by atoms with Crippen LogP contribution in [0.5, 0.6) is 0 Å². The molecule has 0 amide bonds. The first-order valence-corrected chi connectivity index (χ1v) is 8.95. The van der Waals surface area contributed by atoms with E-state index in [1.165, 1.54) is 0 Å². The molecule has 0 aromatic heterocycles. The maximum Gasteiger partial charge on any atom is 0.441 e. The van der Waals surface area contributed by atoms with Gasteiger partial charge in [0.15, 0.2) is 0 Å². The average Bonchev–Trinajstić information content (AvgIpc) is 2.44. The maximum atomic E-state index is 12.3. The zero-order chi connectivity index (χ0) is 16.0. The summed E-state index contributed by atoms with van der Waals surface area (Å²) in [6.07, 6.45) is 2.15. The molecule has 1 N–H and O–H groups in total. The van der Waals surface area contributed by atoms with Gasteiger partial charge in [0.2, 0.25) is 0 Å². The highest BCUT2D eigenvalue weighted by atomic mass is 32.2. The van der Waals surface area contributed by atoms with Crippen LogP contribution < -0.4 is 5.32 Å². The topological polar surface area (TPSA) is 15.3 Å². The van der Waals surface area contributed by atoms with Gasteiger partial charge in [-0.2, -0.15) is 13.2 Å². The number of halogens is 3. The monoisotopic (exact) mass is 326 g/mol. The second-order valence-electron chi connectivity index (χ2n) is 6.14. The van der Waals surface area contributed by atoms with Gasteiger partial charge in [-0.1, -0.05) is 40.5 Å². The van der Waals surface area contributed by atoms with Gasteiger partial charge in [-0.05, 0) is 23.6 Å². The van der Waals surface area contributed by atoms with Crippen molar-refractivity contribution in [3.63, 3.8) is 0 Å². The summed E-state index contributed by atoms with van der Waals surface area (Å²) in [5, 5.41) is 3.60. The number of piperazine rings is 1. The van der Waals surface area contributed by atoms with E-state index >= 15 is 0 Å². The summed E-state index contributed by atoms with van der Waals surface area (Å²) < 4.78 is 37.0. The first kappa shape index (κ1) is 19.1. The van der Waals surface area contributed by atoms with Crippen molar-refractivity contribution >= 4 is 11.8 Å². The van der Waals surface area contributed by atoms with Crippen molar-refractivity contribution in [2.75, 3.05) is 25.4 Å². The van der Waals surface area contributed by atoms with Crippen LogP contribution in [0.4, 0.5) is 13.2 Å². The van der Waals surface area contributed by atoms with Crippen molar-refractivity contribution in [2.24, 2.45) is 11.8 Å². The number of hydrogen-bond donors (Lipinski definition) is 1. The summed E-state index contributed by atoms with van der Waals surface area (Å²) in [4.78, 5) is 2.28. The Kier molecular flexibility index (Phi) is 7.85. The van der Waals surface area contributed by atoms with Gasteiger partial charge in [0.1, 0.15) is 0 Å². The minimum atomic E-state index is -4.12. The number of nitrogens with zero attached hydrogens (tertiary/aromatic N) is 1. The van der Waals surface area contributed by atoms with Crippen molar-refractivity contribution in [3.8, 4) is 0 Å². The molecule has 6 heteroatoms. The summed E-state index contributed by atoms with van der Waals surface area (Å²) in [6.45, 7) is 11.0. The van der Waals surface area contributed by atoms with Gasteiger partial charge < -0.3 is 5.32 Å². The fourth-order valence-electron chi connectivity index (χ4n) is 2.89. The molecule has 0 aliphatic carbocycles. The van der Waals surface area contributed by atoms with Crippen LogP contribution >= 0.6 is 11.8 Å². The molecular formula is C15H29F3N2S. The smallest absolute Gasteiger partial charge is 0.311 e. The molecule has 0 bridgehead atoms. The molecule has 1 aliphatic heterocycles. The molecule has 0 spiro atoms. The van der Waals surface area contributed by atoms with E-state index in [1.807, 2.05) is 0 Å². The molecule has 4 unspecified atom stereocenters. The predicted molar refractivity (Wildman–Crippen MR) is 84.6 cm³/mol. The van der Waals surface area contributed by atoms with E-state index in [0.717, 1.165) is 25.9 Å². The highest BCUT2D eigenvalue weighted by molar-refractivity contribution is 8.00. The quantitative estimate of drug-likeness (QED) is 0.762. The SMILES string of the molecule is CCC(C)C1CN(CCSC(F)(F)F)C(C(C)CC)CN1. The molecule has 4 atom stereocenters. The minimum absolute atomic E-state index is 0.102. The third-order valence-electron chi connectivity index (χ3n) is 4.77. The van der Waals surface area contributed by atoms with Crippen LogP contribution in [0, 0.1) is 11.8 Å². The highest BCUT2D eigenvalue weighted by Gasteiger charge is 2.34. The zero-order valence-corrected chi connectivity index (χ0v) is 14.4. The van der Waals surface area contributed by atoms with Crippen LogP contribution in [-0.4, -0.2) is 47.9 Å². The Morgan fingerprint density at radius 2 is 1.81 bits per heavy atom. The highest BCUT2D eigenvalue weighted by Crippen LogP contribution is 2.30. The van der Waals surface area contributed by atoms with E-state index in [1.54, 1.807) is 0 Å². The Bertz CT molecular complexity index is 299. The second-order valence-corrected chi connectivity index (χ2v) is 7.30. The van der Waals surface area contributed by atoms with Gasteiger partial charge in [0.05, 0.1) is 0 Å². The lowest BCUT2D eigenvalue weighted by Crippen LogP contribution is -2.60. The molecule has 1 aliphatic rings.